The molecule has 216 valence electrons. The van der Waals surface area contributed by atoms with E-state index in [0.717, 1.165) is 0 Å². The Morgan fingerprint density at radius 3 is 1.36 bits per heavy atom. The molecule has 0 aliphatic carbocycles. The maximum Gasteiger partial charge on any atom is 4.00 e. The first-order valence-corrected chi connectivity index (χ1v) is 13.9. The van der Waals surface area contributed by atoms with Gasteiger partial charge < -0.3 is 37.2 Å². The van der Waals surface area contributed by atoms with Crippen molar-refractivity contribution in [2.24, 2.45) is 0 Å². The van der Waals surface area contributed by atoms with Crippen LogP contribution in [0.3, 0.4) is 0 Å². The molecule has 6 rings (SSSR count). The van der Waals surface area contributed by atoms with E-state index in [1.165, 1.54) is 71.6 Å². The molecule has 0 heterocycles. The Labute approximate surface area is 311 Å². The van der Waals surface area contributed by atoms with Crippen LogP contribution in [0.4, 0.5) is 0 Å². The van der Waals surface area contributed by atoms with Gasteiger partial charge in [0.05, 0.1) is 0 Å². The van der Waals surface area contributed by atoms with Crippen LogP contribution in [0, 0.1) is 27.7 Å². The van der Waals surface area contributed by atoms with E-state index in [2.05, 4.69) is 137 Å². The number of aryl methyl sites for hydroxylation is 4. The van der Waals surface area contributed by atoms with Crippen molar-refractivity contribution in [2.45, 2.75) is 27.7 Å². The summed E-state index contributed by atoms with van der Waals surface area (Å²) in [7, 11) is 0. The largest absolute Gasteiger partial charge is 4.00 e. The van der Waals surface area contributed by atoms with Gasteiger partial charge in [-0.05, 0) is 0 Å². The molecule has 0 unspecified atom stereocenters. The summed E-state index contributed by atoms with van der Waals surface area (Å²) in [4.78, 5) is 0. The number of hydrogen-bond donors (Lipinski definition) is 0. The fourth-order valence-corrected chi connectivity index (χ4v) is 5.22. The minimum absolute atomic E-state index is 0. The van der Waals surface area contributed by atoms with Gasteiger partial charge in [-0.25, -0.2) is 12.1 Å². The van der Waals surface area contributed by atoms with Crippen molar-refractivity contribution in [3.8, 4) is 0 Å². The van der Waals surface area contributed by atoms with Crippen LogP contribution >= 0.6 is 12.4 Å². The first kappa shape index (κ1) is 45.2. The Morgan fingerprint density at radius 2 is 0.976 bits per heavy atom. The summed E-state index contributed by atoms with van der Waals surface area (Å²) in [5.74, 6) is 0. The van der Waals surface area contributed by atoms with Gasteiger partial charge in [-0.15, -0.1) is 42.1 Å². The summed E-state index contributed by atoms with van der Waals surface area (Å²) in [5, 5.41) is 2.66. The second-order valence-electron chi connectivity index (χ2n) is 9.01. The van der Waals surface area contributed by atoms with E-state index < -0.39 is 0 Å². The van der Waals surface area contributed by atoms with Gasteiger partial charge in [0.15, 0.2) is 0 Å². The monoisotopic (exact) mass is 788 g/mol. The average Bonchev–Trinajstić information content (AvgIpc) is 3.70. The first-order valence-electron chi connectivity index (χ1n) is 12.6. The summed E-state index contributed by atoms with van der Waals surface area (Å²) in [6.45, 7) is 8.60. The smallest absolute Gasteiger partial charge is 1.00 e. The SMILES string of the molecule is Cc1c[cH-]cc1C.Cc1ccccc1[C](=[Zr+2])c1ccccc1C.Cl.[Cl-].[Cl-].[Cl-].[Zr+4].c1cc[cH-]c1.c1ccc2[cH-]ccc2c1. The summed E-state index contributed by atoms with van der Waals surface area (Å²) in [6.07, 6.45) is 0. The maximum absolute atomic E-state index is 2.21. The number of benzene rings is 3. The molecular formula is C36H36Cl4Zr2. The molecule has 42 heavy (non-hydrogen) atoms. The van der Waals surface area contributed by atoms with Gasteiger partial charge in [-0.2, -0.15) is 65.0 Å². The molecule has 6 heteroatoms. The zero-order chi connectivity index (χ0) is 26.5. The normalized spacial score (nSPS) is 8.62. The third kappa shape index (κ3) is 15.0. The predicted molar refractivity (Wildman–Crippen MR) is 166 cm³/mol. The molecule has 0 aliphatic heterocycles. The third-order valence-corrected chi connectivity index (χ3v) is 7.57. The van der Waals surface area contributed by atoms with Crippen molar-refractivity contribution in [3.63, 3.8) is 0 Å². The maximum atomic E-state index is 2.21. The van der Waals surface area contributed by atoms with Crippen LogP contribution in [0.5, 0.6) is 0 Å². The summed E-state index contributed by atoms with van der Waals surface area (Å²) < 4.78 is 1.45. The number of hydrogen-bond acceptors (Lipinski definition) is 0. The Morgan fingerprint density at radius 1 is 0.524 bits per heavy atom. The Hall–Kier alpha value is -1.23. The molecule has 0 aromatic heterocycles. The van der Waals surface area contributed by atoms with Crippen LogP contribution in [0.25, 0.3) is 10.8 Å². The molecule has 0 radical (unpaired) electrons. The zero-order valence-corrected chi connectivity index (χ0v) is 32.3. The van der Waals surface area contributed by atoms with Crippen LogP contribution < -0.4 is 37.2 Å². The standard InChI is InChI=1S/C15H14.C9H7.C7H9.C5H5.4ClH.2Zr/c1-12-7-3-5-9-14(12)11-15-10-6-4-8-13(15)2;1-2-5-9-7-3-6-8(9)4-1;1-6-4-3-5-7(6)2;1-2-4-5-3-1;;;;;;/h3-10H,1-2H3;1-7H;3-5H,1-2H3;1-5H;4*1H;;/q;3*-1;;;;;+2;+4/p-3. The second-order valence-corrected chi connectivity index (χ2v) is 10.2. The van der Waals surface area contributed by atoms with E-state index in [1.54, 1.807) is 0 Å². The van der Waals surface area contributed by atoms with Crippen LogP contribution in [0.2, 0.25) is 0 Å². The van der Waals surface area contributed by atoms with E-state index in [0.29, 0.717) is 0 Å². The van der Waals surface area contributed by atoms with E-state index in [1.807, 2.05) is 30.3 Å². The molecular weight excluding hydrogens is 757 g/mol. The van der Waals surface area contributed by atoms with Crippen molar-refractivity contribution in [3.05, 3.63) is 173 Å². The summed E-state index contributed by atoms with van der Waals surface area (Å²) in [5.41, 5.74) is 8.26. The number of rotatable bonds is 2. The molecule has 0 atom stereocenters. The van der Waals surface area contributed by atoms with E-state index in [4.69, 9.17) is 0 Å². The molecule has 6 aromatic rings. The number of fused-ring (bicyclic) bond motifs is 1. The van der Waals surface area contributed by atoms with Gasteiger partial charge in [0, 0.05) is 0 Å². The summed E-state index contributed by atoms with van der Waals surface area (Å²) in [6, 6.07) is 48.2. The van der Waals surface area contributed by atoms with Crippen molar-refractivity contribution >= 4 is 26.4 Å². The van der Waals surface area contributed by atoms with E-state index >= 15 is 0 Å². The van der Waals surface area contributed by atoms with Crippen LogP contribution in [0.15, 0.2) is 140 Å². The van der Waals surface area contributed by atoms with Gasteiger partial charge in [0.2, 0.25) is 0 Å². The molecule has 0 nitrogen and oxygen atoms in total. The second kappa shape index (κ2) is 25.1. The Balaban J connectivity index is -0.000000504. The fraction of sp³-hybridized carbons (Fsp3) is 0.111. The fourth-order valence-electron chi connectivity index (χ4n) is 3.84. The van der Waals surface area contributed by atoms with Gasteiger partial charge in [0.25, 0.3) is 0 Å². The van der Waals surface area contributed by atoms with E-state index in [9.17, 15) is 0 Å². The first-order chi connectivity index (χ1) is 18.0. The van der Waals surface area contributed by atoms with Gasteiger partial charge in [-0.1, -0.05) is 19.9 Å². The average molecular weight is 793 g/mol. The predicted octanol–water partition coefficient (Wildman–Crippen LogP) is 0.837. The minimum atomic E-state index is 0. The van der Waals surface area contributed by atoms with Crippen molar-refractivity contribution in [2.75, 3.05) is 0 Å². The molecule has 0 spiro atoms. The molecule has 0 saturated heterocycles. The Kier molecular flexibility index (Phi) is 27.0. The van der Waals surface area contributed by atoms with Crippen molar-refractivity contribution < 1.29 is 87.7 Å². The zero-order valence-electron chi connectivity index (χ0n) is 24.3. The molecule has 0 N–H and O–H groups in total. The molecule has 0 saturated carbocycles. The third-order valence-electron chi connectivity index (χ3n) is 6.25. The Bertz CT molecular complexity index is 1390. The topological polar surface area (TPSA) is 0 Å². The number of halogens is 4. The van der Waals surface area contributed by atoms with E-state index in [-0.39, 0.29) is 75.8 Å². The molecule has 6 aromatic carbocycles. The molecule has 0 fully saturated rings. The molecule has 0 aliphatic rings. The van der Waals surface area contributed by atoms with Crippen LogP contribution in [0.1, 0.15) is 33.4 Å². The van der Waals surface area contributed by atoms with Gasteiger partial charge in [0.1, 0.15) is 0 Å². The van der Waals surface area contributed by atoms with Crippen LogP contribution in [-0.2, 0) is 50.4 Å². The van der Waals surface area contributed by atoms with Crippen LogP contribution in [-0.4, -0.2) is 3.21 Å². The molecule has 0 amide bonds. The quantitative estimate of drug-likeness (QED) is 0.229. The van der Waals surface area contributed by atoms with Crippen molar-refractivity contribution in [1.82, 2.24) is 0 Å². The van der Waals surface area contributed by atoms with Gasteiger partial charge >= 0.3 is 138 Å². The molecule has 0 bridgehead atoms. The van der Waals surface area contributed by atoms with Gasteiger partial charge in [-0.3, -0.25) is 0 Å². The van der Waals surface area contributed by atoms with Crippen molar-refractivity contribution in [1.29, 1.82) is 0 Å². The summed E-state index contributed by atoms with van der Waals surface area (Å²) >= 11 is 1.47. The minimum Gasteiger partial charge on any atom is -1.00 e.